The standard InChI is InChI=1S/C46H34N2O2/c1-29-11-8-15-32(25-29)34-21-23-41-38(27-34)39-28-35(33-16-9-12-30(2)26-33)22-24-42(39)47(41)43-20-10-18-37-44(43)46(50)48(45(37)49)40-19-7-6-17-36(40)31-13-4-3-5-14-31/h3-28,45,49H,1-2H3. The summed E-state index contributed by atoms with van der Waals surface area (Å²) in [6.07, 6.45) is -1.13. The van der Waals surface area contributed by atoms with Crippen LogP contribution in [0.5, 0.6) is 0 Å². The molecular weight excluding hydrogens is 613 g/mol. The van der Waals surface area contributed by atoms with E-state index in [0.29, 0.717) is 16.8 Å². The van der Waals surface area contributed by atoms with E-state index in [9.17, 15) is 9.90 Å². The molecule has 0 fully saturated rings. The molecule has 1 N–H and O–H groups in total. The number of nitrogens with zero attached hydrogens (tertiary/aromatic N) is 2. The number of aliphatic hydroxyl groups excluding tert-OH is 1. The zero-order valence-electron chi connectivity index (χ0n) is 27.8. The first-order chi connectivity index (χ1) is 24.5. The molecule has 1 aliphatic rings. The van der Waals surface area contributed by atoms with Crippen LogP contribution in [0, 0.1) is 13.8 Å². The van der Waals surface area contributed by atoms with E-state index in [4.69, 9.17) is 0 Å². The highest BCUT2D eigenvalue weighted by Gasteiger charge is 2.40. The Labute approximate surface area is 291 Å². The lowest BCUT2D eigenvalue weighted by atomic mass is 9.99. The molecule has 1 aromatic heterocycles. The maximum Gasteiger partial charge on any atom is 0.263 e. The number of aromatic nitrogens is 1. The Morgan fingerprint density at radius 3 is 1.64 bits per heavy atom. The summed E-state index contributed by atoms with van der Waals surface area (Å²) in [7, 11) is 0. The number of para-hydroxylation sites is 1. The van der Waals surface area contributed by atoms with Gasteiger partial charge in [0.2, 0.25) is 0 Å². The minimum Gasteiger partial charge on any atom is -0.369 e. The maximum absolute atomic E-state index is 14.7. The van der Waals surface area contributed by atoms with Gasteiger partial charge < -0.3 is 9.67 Å². The molecule has 9 rings (SSSR count). The number of carbonyl (C=O) groups excluding carboxylic acids is 1. The van der Waals surface area contributed by atoms with Gasteiger partial charge in [-0.05, 0) is 78.1 Å². The molecule has 0 bridgehead atoms. The molecule has 1 atom stereocenters. The van der Waals surface area contributed by atoms with Crippen molar-refractivity contribution in [2.24, 2.45) is 0 Å². The first-order valence-electron chi connectivity index (χ1n) is 17.0. The van der Waals surface area contributed by atoms with Crippen LogP contribution >= 0.6 is 0 Å². The van der Waals surface area contributed by atoms with E-state index in [2.05, 4.69) is 103 Å². The van der Waals surface area contributed by atoms with E-state index in [1.54, 1.807) is 0 Å². The number of hydrogen-bond acceptors (Lipinski definition) is 2. The number of amides is 1. The summed E-state index contributed by atoms with van der Waals surface area (Å²) < 4.78 is 2.20. The summed E-state index contributed by atoms with van der Waals surface area (Å²) in [6.45, 7) is 4.23. The van der Waals surface area contributed by atoms with E-state index in [0.717, 1.165) is 60.9 Å². The van der Waals surface area contributed by atoms with Crippen molar-refractivity contribution in [1.29, 1.82) is 0 Å². The summed E-state index contributed by atoms with van der Waals surface area (Å²) in [5.74, 6) is -0.228. The number of carbonyl (C=O) groups is 1. The van der Waals surface area contributed by atoms with Crippen LogP contribution in [0.4, 0.5) is 5.69 Å². The second kappa shape index (κ2) is 11.7. The van der Waals surface area contributed by atoms with Gasteiger partial charge in [0.25, 0.3) is 5.91 Å². The van der Waals surface area contributed by atoms with Gasteiger partial charge in [0, 0.05) is 21.9 Å². The highest BCUT2D eigenvalue weighted by atomic mass is 16.3. The Hall–Kier alpha value is -6.23. The second-order valence-corrected chi connectivity index (χ2v) is 13.2. The van der Waals surface area contributed by atoms with Crippen LogP contribution in [0.1, 0.15) is 33.3 Å². The highest BCUT2D eigenvalue weighted by molar-refractivity contribution is 6.17. The van der Waals surface area contributed by atoms with Gasteiger partial charge in [-0.25, -0.2) is 0 Å². The fourth-order valence-corrected chi connectivity index (χ4v) is 7.64. The molecule has 1 aliphatic heterocycles. The molecular formula is C46H34N2O2. The van der Waals surface area contributed by atoms with Crippen molar-refractivity contribution in [3.05, 3.63) is 180 Å². The van der Waals surface area contributed by atoms with E-state index >= 15 is 0 Å². The Kier molecular flexibility index (Phi) is 7.01. The molecule has 2 heterocycles. The first kappa shape index (κ1) is 29.9. The number of aliphatic hydroxyl groups is 1. The maximum atomic E-state index is 14.7. The Morgan fingerprint density at radius 2 is 1.02 bits per heavy atom. The van der Waals surface area contributed by atoms with Gasteiger partial charge in [0.05, 0.1) is 28.0 Å². The third-order valence-electron chi connectivity index (χ3n) is 9.99. The van der Waals surface area contributed by atoms with Gasteiger partial charge in [0.1, 0.15) is 0 Å². The van der Waals surface area contributed by atoms with Crippen LogP contribution in [-0.4, -0.2) is 15.6 Å². The normalized spacial score (nSPS) is 14.1. The van der Waals surface area contributed by atoms with Crippen molar-refractivity contribution >= 4 is 33.4 Å². The highest BCUT2D eigenvalue weighted by Crippen LogP contribution is 2.45. The summed E-state index contributed by atoms with van der Waals surface area (Å²) in [5.41, 5.74) is 13.4. The van der Waals surface area contributed by atoms with Crippen LogP contribution in [0.15, 0.2) is 158 Å². The van der Waals surface area contributed by atoms with Crippen LogP contribution < -0.4 is 4.90 Å². The van der Waals surface area contributed by atoms with Crippen LogP contribution in [0.3, 0.4) is 0 Å². The fraction of sp³-hybridized carbons (Fsp3) is 0.0652. The largest absolute Gasteiger partial charge is 0.369 e. The molecule has 50 heavy (non-hydrogen) atoms. The summed E-state index contributed by atoms with van der Waals surface area (Å²) in [5, 5.41) is 14.1. The van der Waals surface area contributed by atoms with Gasteiger partial charge in [-0.1, -0.05) is 132 Å². The molecule has 7 aromatic carbocycles. The lowest BCUT2D eigenvalue weighted by Crippen LogP contribution is -2.28. The molecule has 0 radical (unpaired) electrons. The van der Waals surface area contributed by atoms with E-state index < -0.39 is 6.23 Å². The van der Waals surface area contributed by atoms with Crippen molar-refractivity contribution < 1.29 is 9.90 Å². The fourth-order valence-electron chi connectivity index (χ4n) is 7.64. The zero-order valence-corrected chi connectivity index (χ0v) is 27.8. The Balaban J connectivity index is 1.26. The first-order valence-corrected chi connectivity index (χ1v) is 17.0. The van der Waals surface area contributed by atoms with E-state index in [1.807, 2.05) is 72.8 Å². The number of aryl methyl sites for hydroxylation is 2. The van der Waals surface area contributed by atoms with E-state index in [1.165, 1.54) is 16.0 Å². The zero-order chi connectivity index (χ0) is 33.9. The number of anilines is 1. The average Bonchev–Trinajstić information content (AvgIpc) is 3.61. The molecule has 1 amide bonds. The monoisotopic (exact) mass is 646 g/mol. The van der Waals surface area contributed by atoms with Gasteiger partial charge in [-0.3, -0.25) is 9.69 Å². The number of hydrogen-bond donors (Lipinski definition) is 1. The predicted octanol–water partition coefficient (Wildman–Crippen LogP) is 11.1. The molecule has 0 saturated carbocycles. The molecule has 4 nitrogen and oxygen atoms in total. The minimum absolute atomic E-state index is 0.228. The topological polar surface area (TPSA) is 45.5 Å². The third kappa shape index (κ3) is 4.76. The molecule has 8 aromatic rings. The van der Waals surface area contributed by atoms with Crippen molar-refractivity contribution in [2.45, 2.75) is 20.1 Å². The van der Waals surface area contributed by atoms with Crippen molar-refractivity contribution in [3.63, 3.8) is 0 Å². The smallest absolute Gasteiger partial charge is 0.263 e. The summed E-state index contributed by atoms with van der Waals surface area (Å²) >= 11 is 0. The molecule has 0 spiro atoms. The number of fused-ring (bicyclic) bond motifs is 4. The van der Waals surface area contributed by atoms with Crippen LogP contribution in [0.25, 0.3) is 60.9 Å². The molecule has 0 aliphatic carbocycles. The average molecular weight is 647 g/mol. The third-order valence-corrected chi connectivity index (χ3v) is 9.99. The van der Waals surface area contributed by atoms with Gasteiger partial charge in [-0.15, -0.1) is 0 Å². The van der Waals surface area contributed by atoms with Crippen molar-refractivity contribution in [2.75, 3.05) is 4.90 Å². The molecule has 1 unspecified atom stereocenters. The summed E-state index contributed by atoms with van der Waals surface area (Å²) in [4.78, 5) is 16.2. The number of rotatable bonds is 5. The Bertz CT molecular complexity index is 2510. The quantitative estimate of drug-likeness (QED) is 0.202. The predicted molar refractivity (Wildman–Crippen MR) is 205 cm³/mol. The lowest BCUT2D eigenvalue weighted by Gasteiger charge is -2.24. The SMILES string of the molecule is Cc1cccc(-c2ccc3c(c2)c2cc(-c4cccc(C)c4)ccc2n3-c2cccc3c2C(=O)N(c2ccccc2-c2ccccc2)C3O)c1. The second-order valence-electron chi connectivity index (χ2n) is 13.2. The van der Waals surface area contributed by atoms with Gasteiger partial charge >= 0.3 is 0 Å². The van der Waals surface area contributed by atoms with Gasteiger partial charge in [0.15, 0.2) is 6.23 Å². The molecule has 240 valence electrons. The minimum atomic E-state index is -1.13. The number of benzene rings is 7. The molecule has 4 heteroatoms. The Morgan fingerprint density at radius 1 is 0.500 bits per heavy atom. The lowest BCUT2D eigenvalue weighted by molar-refractivity contribution is 0.0935. The van der Waals surface area contributed by atoms with Crippen molar-refractivity contribution in [3.8, 4) is 39.1 Å². The van der Waals surface area contributed by atoms with Crippen molar-refractivity contribution in [1.82, 2.24) is 4.57 Å². The van der Waals surface area contributed by atoms with Gasteiger partial charge in [-0.2, -0.15) is 0 Å². The van der Waals surface area contributed by atoms with E-state index in [-0.39, 0.29) is 5.91 Å². The summed E-state index contributed by atoms with van der Waals surface area (Å²) in [6, 6.07) is 53.9. The van der Waals surface area contributed by atoms with Crippen LogP contribution in [0.2, 0.25) is 0 Å². The van der Waals surface area contributed by atoms with Crippen LogP contribution in [-0.2, 0) is 0 Å². The molecule has 0 saturated heterocycles.